The lowest BCUT2D eigenvalue weighted by molar-refractivity contribution is -0.142. The number of amides is 3. The molecular formula is C69H66F9N9O9. The fraction of sp³-hybridized carbons (Fsp3) is 0.261. The summed E-state index contributed by atoms with van der Waals surface area (Å²) >= 11 is 0. The molecule has 0 fully saturated rings. The minimum Gasteiger partial charge on any atom is -0.438 e. The van der Waals surface area contributed by atoms with E-state index in [1.165, 1.54) is 56.6 Å². The molecule has 3 heterocycles. The fourth-order valence-electron chi connectivity index (χ4n) is 9.50. The van der Waals surface area contributed by atoms with E-state index in [0.717, 1.165) is 48.0 Å². The highest BCUT2D eigenvalue weighted by atomic mass is 19.4. The second-order valence-corrected chi connectivity index (χ2v) is 22.2. The second kappa shape index (κ2) is 30.0. The zero-order valence-corrected chi connectivity index (χ0v) is 53.8. The first-order valence-electron chi connectivity index (χ1n) is 29.3. The molecule has 3 aromatic heterocycles. The number of ether oxygens (including phenoxy) is 3. The standard InChI is InChI=1S/C23H19F6N3O3.C23H22F3N3O3.C23H25N3O3/c1-12(14-4-6-15(7-5-14)13(2)33)30-20(34)18-19(23(27,28)29)31-32(3)21(18)35-17-10-8-16(9-11-17)22(24,25)26;1-13(16-5-7-17(8-6-16)15(3)30)27-21(31)20-14(2)28-29(4)22(20)32-19-11-9-18(10-12-19)23(24,25)26;1-14-6-12-20(13-7-14)29-23-21(16(3)25-26(23)5)22(28)24-15(2)18-8-10-19(11-9-18)17(4)27/h4-12H,1-3H3,(H,30,34);5-13H,1-4H3,(H,27,31);6-13,15H,1-5H3,(H,24,28)/t12-;13-;15-/m000/s1. The highest BCUT2D eigenvalue weighted by Crippen LogP contribution is 2.39. The van der Waals surface area contributed by atoms with Crippen molar-refractivity contribution in [2.75, 3.05) is 0 Å². The van der Waals surface area contributed by atoms with Crippen LogP contribution in [0, 0.1) is 20.8 Å². The lowest BCUT2D eigenvalue weighted by Gasteiger charge is -2.16. The van der Waals surface area contributed by atoms with E-state index in [0.29, 0.717) is 67.6 Å². The van der Waals surface area contributed by atoms with Crippen LogP contribution < -0.4 is 30.2 Å². The van der Waals surface area contributed by atoms with Crippen molar-refractivity contribution in [3.63, 3.8) is 0 Å². The van der Waals surface area contributed by atoms with Crippen LogP contribution in [-0.2, 0) is 39.7 Å². The molecule has 0 aliphatic heterocycles. The van der Waals surface area contributed by atoms with Crippen LogP contribution in [0.1, 0.15) is 172 Å². The number of benzene rings is 6. The van der Waals surface area contributed by atoms with E-state index >= 15 is 0 Å². The van der Waals surface area contributed by atoms with Crippen molar-refractivity contribution in [2.24, 2.45) is 21.1 Å². The van der Waals surface area contributed by atoms with Crippen molar-refractivity contribution in [3.05, 3.63) is 229 Å². The van der Waals surface area contributed by atoms with Gasteiger partial charge in [-0.3, -0.25) is 28.8 Å². The Balaban J connectivity index is 0.000000204. The molecule has 0 radical (unpaired) electrons. The molecule has 9 rings (SSSR count). The SMILES string of the molecule is CC(=O)c1ccc([C@H](C)NC(=O)c2c(C(F)(F)F)nn(C)c2Oc2ccc(C(F)(F)F)cc2)cc1.CC(=O)c1ccc([C@H](C)NC(=O)c2c(C)nn(C)c2Oc2ccc(C(F)(F)F)cc2)cc1.CC(=O)c1ccc([C@H](C)NC(=O)c2c(C)nn(C)c2Oc2ccc(C)cc2)cc1. The molecular weight excluding hydrogens is 1270 g/mol. The van der Waals surface area contributed by atoms with E-state index in [9.17, 15) is 68.3 Å². The van der Waals surface area contributed by atoms with Crippen molar-refractivity contribution < 1.29 is 82.5 Å². The summed E-state index contributed by atoms with van der Waals surface area (Å²) in [7, 11) is 4.43. The Labute approximate surface area is 545 Å². The topological polar surface area (TPSA) is 220 Å². The smallest absolute Gasteiger partial charge is 0.436 e. The van der Waals surface area contributed by atoms with Crippen molar-refractivity contribution in [3.8, 4) is 34.9 Å². The third kappa shape index (κ3) is 18.3. The third-order valence-corrected chi connectivity index (χ3v) is 14.8. The van der Waals surface area contributed by atoms with Gasteiger partial charge in [0.05, 0.1) is 40.6 Å². The quantitative estimate of drug-likeness (QED) is 0.0540. The predicted molar refractivity (Wildman–Crippen MR) is 335 cm³/mol. The summed E-state index contributed by atoms with van der Waals surface area (Å²) in [5.41, 5.74) is 2.36. The van der Waals surface area contributed by atoms with Crippen LogP contribution in [-0.4, -0.2) is 64.4 Å². The van der Waals surface area contributed by atoms with Gasteiger partial charge in [-0.05, 0) is 140 Å². The number of nitrogens with one attached hydrogen (secondary N) is 3. The highest BCUT2D eigenvalue weighted by molar-refractivity contribution is 6.00. The molecule has 96 heavy (non-hydrogen) atoms. The number of hydrogen-bond acceptors (Lipinski definition) is 12. The summed E-state index contributed by atoms with van der Waals surface area (Å²) in [5, 5.41) is 20.2. The van der Waals surface area contributed by atoms with Crippen molar-refractivity contribution >= 4 is 35.1 Å². The number of aromatic nitrogens is 6. The molecule has 3 atom stereocenters. The number of hydrogen-bond donors (Lipinski definition) is 3. The number of alkyl halides is 9. The van der Waals surface area contributed by atoms with Gasteiger partial charge < -0.3 is 30.2 Å². The largest absolute Gasteiger partial charge is 0.438 e. The highest BCUT2D eigenvalue weighted by Gasteiger charge is 2.43. The minimum atomic E-state index is -5.02. The molecule has 18 nitrogen and oxygen atoms in total. The van der Waals surface area contributed by atoms with Crippen molar-refractivity contribution in [2.45, 2.75) is 99.0 Å². The summed E-state index contributed by atoms with van der Waals surface area (Å²) < 4.78 is 138. The van der Waals surface area contributed by atoms with E-state index in [-0.39, 0.29) is 58.3 Å². The van der Waals surface area contributed by atoms with Crippen LogP contribution in [0.3, 0.4) is 0 Å². The monoisotopic (exact) mass is 1340 g/mol. The van der Waals surface area contributed by atoms with Crippen LogP contribution in [0.4, 0.5) is 39.5 Å². The Bertz CT molecular complexity index is 4270. The predicted octanol–water partition coefficient (Wildman–Crippen LogP) is 15.7. The Hall–Kier alpha value is -10.9. The van der Waals surface area contributed by atoms with Gasteiger partial charge in [-0.15, -0.1) is 0 Å². The fourth-order valence-corrected chi connectivity index (χ4v) is 9.50. The summed E-state index contributed by atoms with van der Waals surface area (Å²) in [5.74, 6) is -1.63. The first-order chi connectivity index (χ1) is 44.9. The van der Waals surface area contributed by atoms with Crippen LogP contribution >= 0.6 is 0 Å². The zero-order chi connectivity index (χ0) is 70.9. The maximum atomic E-state index is 13.6. The molecule has 0 aliphatic carbocycles. The van der Waals surface area contributed by atoms with Gasteiger partial charge in [0, 0.05) is 37.8 Å². The molecule has 6 aromatic carbocycles. The average molecular weight is 1340 g/mol. The van der Waals surface area contributed by atoms with E-state index in [2.05, 4.69) is 31.2 Å². The van der Waals surface area contributed by atoms with Gasteiger partial charge in [-0.25, -0.2) is 14.0 Å². The lowest BCUT2D eigenvalue weighted by Crippen LogP contribution is -2.28. The van der Waals surface area contributed by atoms with Gasteiger partial charge in [0.2, 0.25) is 17.6 Å². The molecule has 3 amide bonds. The molecule has 0 spiro atoms. The van der Waals surface area contributed by atoms with E-state index in [4.69, 9.17) is 14.2 Å². The minimum absolute atomic E-state index is 0.0112. The molecule has 0 saturated carbocycles. The molecule has 27 heteroatoms. The lowest BCUT2D eigenvalue weighted by atomic mass is 10.0. The maximum Gasteiger partial charge on any atom is 0.436 e. The van der Waals surface area contributed by atoms with Crippen LogP contribution in [0.2, 0.25) is 0 Å². The summed E-state index contributed by atoms with van der Waals surface area (Å²) in [6.45, 7) is 15.0. The Kier molecular flexibility index (Phi) is 22.7. The van der Waals surface area contributed by atoms with Gasteiger partial charge in [-0.1, -0.05) is 90.5 Å². The van der Waals surface area contributed by atoms with Crippen LogP contribution in [0.5, 0.6) is 34.9 Å². The van der Waals surface area contributed by atoms with E-state index in [1.807, 2.05) is 50.2 Å². The Morgan fingerprint density at radius 1 is 0.375 bits per heavy atom. The molecule has 0 bridgehead atoms. The van der Waals surface area contributed by atoms with Gasteiger partial charge in [0.1, 0.15) is 33.9 Å². The number of carbonyl (C=O) groups excluding carboxylic acids is 6. The second-order valence-electron chi connectivity index (χ2n) is 22.2. The van der Waals surface area contributed by atoms with Gasteiger partial charge in [0.15, 0.2) is 23.0 Å². The van der Waals surface area contributed by atoms with Gasteiger partial charge in [-0.2, -0.15) is 54.8 Å². The average Bonchev–Trinajstić information content (AvgIpc) is 1.61. The third-order valence-electron chi connectivity index (χ3n) is 14.8. The van der Waals surface area contributed by atoms with Crippen molar-refractivity contribution in [1.29, 1.82) is 0 Å². The zero-order valence-electron chi connectivity index (χ0n) is 53.8. The van der Waals surface area contributed by atoms with Crippen molar-refractivity contribution in [1.82, 2.24) is 45.3 Å². The van der Waals surface area contributed by atoms with Gasteiger partial charge in [0.25, 0.3) is 17.7 Å². The summed E-state index contributed by atoms with van der Waals surface area (Å²) in [4.78, 5) is 73.2. The number of Topliss-reactive ketones (excluding diaryl/α,β-unsaturated/α-hetero) is 3. The normalized spacial score (nSPS) is 12.3. The molecule has 504 valence electrons. The first-order valence-corrected chi connectivity index (χ1v) is 29.3. The molecule has 0 unspecified atom stereocenters. The maximum absolute atomic E-state index is 13.6. The number of halogens is 9. The van der Waals surface area contributed by atoms with Crippen LogP contribution in [0.25, 0.3) is 0 Å². The molecule has 9 aromatic rings. The molecule has 3 N–H and O–H groups in total. The number of ketones is 3. The summed E-state index contributed by atoms with van der Waals surface area (Å²) in [6.07, 6.45) is -14.1. The van der Waals surface area contributed by atoms with E-state index < -0.39 is 64.6 Å². The molecule has 0 aliphatic rings. The Morgan fingerprint density at radius 2 is 0.635 bits per heavy atom. The Morgan fingerprint density at radius 3 is 0.906 bits per heavy atom. The van der Waals surface area contributed by atoms with Crippen LogP contribution in [0.15, 0.2) is 146 Å². The number of carbonyl (C=O) groups is 6. The van der Waals surface area contributed by atoms with E-state index in [1.54, 1.807) is 88.1 Å². The first kappa shape index (κ1) is 72.6. The number of rotatable bonds is 18. The summed E-state index contributed by atoms with van der Waals surface area (Å²) in [6, 6.07) is 33.9. The molecule has 0 saturated heterocycles. The number of nitrogens with zero attached hydrogens (tertiary/aromatic N) is 6. The number of aryl methyl sites for hydroxylation is 6. The van der Waals surface area contributed by atoms with Gasteiger partial charge >= 0.3 is 18.5 Å².